The van der Waals surface area contributed by atoms with Gasteiger partial charge in [-0.25, -0.2) is 5.43 Å². The van der Waals surface area contributed by atoms with Crippen LogP contribution in [0.1, 0.15) is 31.2 Å². The van der Waals surface area contributed by atoms with Crippen LogP contribution in [-0.4, -0.2) is 35.5 Å². The van der Waals surface area contributed by atoms with Gasteiger partial charge >= 0.3 is 0 Å². The molecule has 0 radical (unpaired) electrons. The van der Waals surface area contributed by atoms with E-state index in [4.69, 9.17) is 4.74 Å². The number of methoxy groups -OCH3 is 1. The number of nitrogens with zero attached hydrogens (tertiary/aromatic N) is 3. The second kappa shape index (κ2) is 5.59. The Morgan fingerprint density at radius 2 is 2.00 bits per heavy atom. The first kappa shape index (κ1) is 14.2. The molecule has 2 heterocycles. The summed E-state index contributed by atoms with van der Waals surface area (Å²) in [5.74, 6) is 0.557. The third-order valence-electron chi connectivity index (χ3n) is 3.65. The summed E-state index contributed by atoms with van der Waals surface area (Å²) in [6.07, 6.45) is 0.506. The van der Waals surface area contributed by atoms with Crippen molar-refractivity contribution in [3.05, 3.63) is 29.8 Å². The van der Waals surface area contributed by atoms with E-state index >= 15 is 0 Å². The lowest BCUT2D eigenvalue weighted by molar-refractivity contribution is -0.126. The Morgan fingerprint density at radius 3 is 2.59 bits per heavy atom. The molecule has 1 aromatic carbocycles. The predicted octanol–water partition coefficient (Wildman–Crippen LogP) is 1.22. The number of carbonyl (C=O) groups is 2. The number of ether oxygens (including phenoxy) is 1. The van der Waals surface area contributed by atoms with E-state index in [0.29, 0.717) is 5.84 Å². The van der Waals surface area contributed by atoms with E-state index < -0.39 is 0 Å². The number of hydrogen-bond acceptors (Lipinski definition) is 5. The molecule has 0 saturated carbocycles. The Labute approximate surface area is 127 Å². The molecule has 1 atom stereocenters. The van der Waals surface area contributed by atoms with Gasteiger partial charge in [0.15, 0.2) is 5.84 Å². The van der Waals surface area contributed by atoms with Crippen LogP contribution >= 0.6 is 0 Å². The highest BCUT2D eigenvalue weighted by molar-refractivity contribution is 6.13. The maximum atomic E-state index is 12.0. The molecule has 2 amide bonds. The highest BCUT2D eigenvalue weighted by atomic mass is 16.5. The van der Waals surface area contributed by atoms with E-state index in [1.54, 1.807) is 14.0 Å². The summed E-state index contributed by atoms with van der Waals surface area (Å²) in [7, 11) is 1.59. The summed E-state index contributed by atoms with van der Waals surface area (Å²) in [4.78, 5) is 23.7. The first-order valence-electron chi connectivity index (χ1n) is 6.96. The van der Waals surface area contributed by atoms with Crippen LogP contribution in [0.4, 0.5) is 0 Å². The molecule has 1 unspecified atom stereocenters. The average Bonchev–Trinajstić information content (AvgIpc) is 2.86. The summed E-state index contributed by atoms with van der Waals surface area (Å²) in [6, 6.07) is 7.38. The molecule has 1 N–H and O–H groups in total. The van der Waals surface area contributed by atoms with Crippen LogP contribution in [0, 0.1) is 0 Å². The Morgan fingerprint density at radius 1 is 1.27 bits per heavy atom. The monoisotopic (exact) mass is 300 g/mol. The molecule has 0 saturated heterocycles. The summed E-state index contributed by atoms with van der Waals surface area (Å²) in [5.41, 5.74) is 4.05. The molecule has 22 heavy (non-hydrogen) atoms. The van der Waals surface area contributed by atoms with Gasteiger partial charge in [0.25, 0.3) is 5.91 Å². The zero-order valence-corrected chi connectivity index (χ0v) is 12.4. The Hall–Kier alpha value is -2.70. The van der Waals surface area contributed by atoms with Gasteiger partial charge < -0.3 is 4.74 Å². The van der Waals surface area contributed by atoms with Crippen molar-refractivity contribution in [3.8, 4) is 5.75 Å². The van der Waals surface area contributed by atoms with Crippen LogP contribution < -0.4 is 10.2 Å². The molecule has 2 aliphatic rings. The molecule has 0 aromatic heterocycles. The van der Waals surface area contributed by atoms with E-state index in [-0.39, 0.29) is 30.6 Å². The van der Waals surface area contributed by atoms with E-state index in [9.17, 15) is 9.59 Å². The number of rotatable bonds is 2. The highest BCUT2D eigenvalue weighted by Crippen LogP contribution is 2.29. The average molecular weight is 300 g/mol. The van der Waals surface area contributed by atoms with Gasteiger partial charge in [-0.3, -0.25) is 9.59 Å². The molecule has 3 rings (SSSR count). The molecule has 2 aliphatic heterocycles. The summed E-state index contributed by atoms with van der Waals surface area (Å²) in [6.45, 7) is 1.79. The number of nitrogens with one attached hydrogen (secondary N) is 1. The van der Waals surface area contributed by atoms with Gasteiger partial charge in [0.1, 0.15) is 5.75 Å². The molecule has 0 spiro atoms. The van der Waals surface area contributed by atoms with Crippen LogP contribution in [0.15, 0.2) is 34.5 Å². The zero-order valence-electron chi connectivity index (χ0n) is 12.4. The van der Waals surface area contributed by atoms with Crippen LogP contribution in [-0.2, 0) is 9.59 Å². The number of amides is 2. The molecule has 0 aliphatic carbocycles. The minimum atomic E-state index is -0.307. The van der Waals surface area contributed by atoms with Crippen LogP contribution in [0.5, 0.6) is 5.75 Å². The van der Waals surface area contributed by atoms with E-state index in [0.717, 1.165) is 17.0 Å². The van der Waals surface area contributed by atoms with Crippen molar-refractivity contribution in [2.75, 3.05) is 7.11 Å². The maximum absolute atomic E-state index is 12.0. The number of hydrogen-bond donors (Lipinski definition) is 1. The fraction of sp³-hybridized carbons (Fsp3) is 0.333. The SMILES string of the molecule is COc1ccc(C2CC(=O)NN=C2N2N=C(C)CC2=O)cc1. The largest absolute Gasteiger partial charge is 0.497 e. The van der Waals surface area contributed by atoms with Crippen molar-refractivity contribution in [2.24, 2.45) is 10.2 Å². The van der Waals surface area contributed by atoms with Gasteiger partial charge in [0.05, 0.1) is 19.4 Å². The summed E-state index contributed by atoms with van der Waals surface area (Å²) < 4.78 is 5.14. The zero-order chi connectivity index (χ0) is 15.7. The first-order chi connectivity index (χ1) is 10.6. The van der Waals surface area contributed by atoms with Crippen LogP contribution in [0.3, 0.4) is 0 Å². The quantitative estimate of drug-likeness (QED) is 0.891. The lowest BCUT2D eigenvalue weighted by atomic mass is 9.93. The number of amidine groups is 1. The van der Waals surface area contributed by atoms with Gasteiger partial charge in [0.2, 0.25) is 5.91 Å². The molecular formula is C15H16N4O3. The predicted molar refractivity (Wildman–Crippen MR) is 80.5 cm³/mol. The standard InChI is InChI=1S/C15H16N4O3/c1-9-7-14(21)19(18-9)15-12(8-13(20)16-17-15)10-3-5-11(22-2)6-4-10/h3-6,12H,7-8H2,1-2H3,(H,16,20). The van der Waals surface area contributed by atoms with E-state index in [1.165, 1.54) is 5.01 Å². The topological polar surface area (TPSA) is 83.4 Å². The highest BCUT2D eigenvalue weighted by Gasteiger charge is 2.35. The fourth-order valence-corrected chi connectivity index (χ4v) is 2.55. The Balaban J connectivity index is 1.95. The molecule has 114 valence electrons. The normalized spacial score (nSPS) is 21.4. The summed E-state index contributed by atoms with van der Waals surface area (Å²) in [5, 5.41) is 9.58. The Kier molecular flexibility index (Phi) is 3.62. The van der Waals surface area contributed by atoms with Gasteiger partial charge in [0, 0.05) is 12.1 Å². The van der Waals surface area contributed by atoms with Gasteiger partial charge in [-0.15, -0.1) is 0 Å². The minimum Gasteiger partial charge on any atom is -0.497 e. The third kappa shape index (κ3) is 2.57. The fourth-order valence-electron chi connectivity index (χ4n) is 2.55. The molecular weight excluding hydrogens is 284 g/mol. The molecule has 1 aromatic rings. The van der Waals surface area contributed by atoms with Crippen molar-refractivity contribution in [1.29, 1.82) is 0 Å². The maximum Gasteiger partial charge on any atom is 0.254 e. The summed E-state index contributed by atoms with van der Waals surface area (Å²) >= 11 is 0. The number of carbonyl (C=O) groups excluding carboxylic acids is 2. The van der Waals surface area contributed by atoms with Crippen molar-refractivity contribution in [3.63, 3.8) is 0 Å². The number of benzene rings is 1. The lowest BCUT2D eigenvalue weighted by Gasteiger charge is -2.26. The van der Waals surface area contributed by atoms with Crippen molar-refractivity contribution < 1.29 is 14.3 Å². The van der Waals surface area contributed by atoms with Gasteiger partial charge in [-0.2, -0.15) is 15.2 Å². The first-order valence-corrected chi connectivity index (χ1v) is 6.96. The van der Waals surface area contributed by atoms with Crippen molar-refractivity contribution >= 4 is 23.4 Å². The second-order valence-corrected chi connectivity index (χ2v) is 5.25. The smallest absolute Gasteiger partial charge is 0.254 e. The third-order valence-corrected chi connectivity index (χ3v) is 3.65. The minimum absolute atomic E-state index is 0.133. The Bertz CT molecular complexity index is 679. The van der Waals surface area contributed by atoms with Gasteiger partial charge in [-0.1, -0.05) is 12.1 Å². The molecule has 7 nitrogen and oxygen atoms in total. The van der Waals surface area contributed by atoms with Crippen LogP contribution in [0.25, 0.3) is 0 Å². The number of hydrazone groups is 2. The van der Waals surface area contributed by atoms with E-state index in [2.05, 4.69) is 15.6 Å². The molecule has 7 heteroatoms. The van der Waals surface area contributed by atoms with Gasteiger partial charge in [-0.05, 0) is 24.6 Å². The van der Waals surface area contributed by atoms with Crippen molar-refractivity contribution in [2.45, 2.75) is 25.7 Å². The second-order valence-electron chi connectivity index (χ2n) is 5.25. The van der Waals surface area contributed by atoms with E-state index in [1.807, 2.05) is 24.3 Å². The van der Waals surface area contributed by atoms with Crippen molar-refractivity contribution in [1.82, 2.24) is 10.4 Å². The molecule has 0 bridgehead atoms. The van der Waals surface area contributed by atoms with Crippen LogP contribution in [0.2, 0.25) is 0 Å². The lowest BCUT2D eigenvalue weighted by Crippen LogP contribution is -2.41. The molecule has 0 fully saturated rings.